The molecule has 3 amide bonds. The predicted molar refractivity (Wildman–Crippen MR) is 197 cm³/mol. The molecule has 2 atom stereocenters. The lowest BCUT2D eigenvalue weighted by atomic mass is 9.97. The van der Waals surface area contributed by atoms with Gasteiger partial charge in [-0.1, -0.05) is 42.5 Å². The number of aromatic nitrogens is 2. The second-order valence-corrected chi connectivity index (χ2v) is 16.0. The van der Waals surface area contributed by atoms with Gasteiger partial charge < -0.3 is 19.8 Å². The highest BCUT2D eigenvalue weighted by molar-refractivity contribution is 5.97. The van der Waals surface area contributed by atoms with Crippen molar-refractivity contribution in [2.75, 3.05) is 18.4 Å². The Morgan fingerprint density at radius 3 is 2.02 bits per heavy atom. The van der Waals surface area contributed by atoms with Gasteiger partial charge in [0.05, 0.1) is 17.9 Å². The van der Waals surface area contributed by atoms with Crippen molar-refractivity contribution < 1.29 is 32.6 Å². The van der Waals surface area contributed by atoms with E-state index in [-0.39, 0.29) is 28.9 Å². The van der Waals surface area contributed by atoms with E-state index in [9.17, 15) is 14.4 Å². The number of amides is 3. The van der Waals surface area contributed by atoms with Crippen molar-refractivity contribution >= 4 is 23.8 Å². The summed E-state index contributed by atoms with van der Waals surface area (Å²) >= 11 is 0. The Labute approximate surface area is 307 Å². The quantitative estimate of drug-likeness (QED) is 0.212. The monoisotopic (exact) mass is 725 g/mol. The summed E-state index contributed by atoms with van der Waals surface area (Å²) in [5, 5.41) is 2.76. The Morgan fingerprint density at radius 1 is 0.774 bits per heavy atom. The summed E-state index contributed by atoms with van der Waals surface area (Å²) < 4.78 is 43.3. The molecule has 53 heavy (non-hydrogen) atoms. The molecule has 4 aromatic rings. The van der Waals surface area contributed by atoms with Crippen LogP contribution in [0.1, 0.15) is 90.2 Å². The van der Waals surface area contributed by atoms with Gasteiger partial charge in [0.25, 0.3) is 5.92 Å². The Morgan fingerprint density at radius 2 is 1.34 bits per heavy atom. The van der Waals surface area contributed by atoms with Crippen molar-refractivity contribution in [3.05, 3.63) is 83.8 Å². The van der Waals surface area contributed by atoms with Crippen molar-refractivity contribution in [1.82, 2.24) is 19.8 Å². The number of likely N-dealkylation sites (tertiary alicyclic amines) is 2. The minimum atomic E-state index is -3.29. The van der Waals surface area contributed by atoms with Gasteiger partial charge in [-0.2, -0.15) is 8.78 Å². The molecule has 0 radical (unpaired) electrons. The summed E-state index contributed by atoms with van der Waals surface area (Å²) in [6.45, 7) is 11.8. The smallest absolute Gasteiger partial charge is 0.410 e. The first-order chi connectivity index (χ1) is 25.0. The van der Waals surface area contributed by atoms with E-state index in [0.717, 1.165) is 29.7 Å². The van der Waals surface area contributed by atoms with E-state index in [2.05, 4.69) is 15.3 Å². The molecular weight excluding hydrogens is 680 g/mol. The van der Waals surface area contributed by atoms with Crippen LogP contribution in [0.15, 0.2) is 66.9 Å². The van der Waals surface area contributed by atoms with Gasteiger partial charge in [-0.3, -0.25) is 14.6 Å². The second-order valence-electron chi connectivity index (χ2n) is 16.0. The normalized spacial score (nSPS) is 19.2. The van der Waals surface area contributed by atoms with Crippen molar-refractivity contribution in [1.29, 1.82) is 0 Å². The summed E-state index contributed by atoms with van der Waals surface area (Å²) in [5.41, 5.74) is 2.56. The third-order valence-corrected chi connectivity index (χ3v) is 9.78. The molecule has 278 valence electrons. The van der Waals surface area contributed by atoms with E-state index in [1.807, 2.05) is 51.1 Å². The number of H-pyrrole nitrogens is 1. The zero-order valence-electron chi connectivity index (χ0n) is 30.9. The number of halogens is 2. The first-order valence-corrected chi connectivity index (χ1v) is 18.1. The molecule has 2 aliphatic heterocycles. The maximum atomic E-state index is 16.1. The lowest BCUT2D eigenvalue weighted by molar-refractivity contribution is -0.120. The number of ether oxygens (including phenoxy) is 2. The summed E-state index contributed by atoms with van der Waals surface area (Å²) in [4.78, 5) is 49.9. The molecule has 1 aliphatic carbocycles. The van der Waals surface area contributed by atoms with Crippen molar-refractivity contribution in [2.24, 2.45) is 0 Å². The number of carbonyl (C=O) groups excluding carboxylic acids is 3. The number of alkyl halides is 2. The third-order valence-electron chi connectivity index (χ3n) is 9.78. The highest BCUT2D eigenvalue weighted by atomic mass is 19.3. The fraction of sp³-hybridized carbons (Fsp3) is 0.415. The van der Waals surface area contributed by atoms with E-state index in [1.54, 1.807) is 50.1 Å². The highest BCUT2D eigenvalue weighted by Crippen LogP contribution is 2.52. The molecule has 3 heterocycles. The van der Waals surface area contributed by atoms with E-state index in [1.165, 1.54) is 17.0 Å². The first kappa shape index (κ1) is 36.1. The number of hydrogen-bond donors (Lipinski definition) is 2. The lowest BCUT2D eigenvalue weighted by Crippen LogP contribution is -2.45. The second kappa shape index (κ2) is 13.3. The van der Waals surface area contributed by atoms with E-state index >= 15 is 8.78 Å². The molecule has 3 aromatic carbocycles. The van der Waals surface area contributed by atoms with Gasteiger partial charge >= 0.3 is 12.2 Å². The molecule has 2 N–H and O–H groups in total. The van der Waals surface area contributed by atoms with Crippen LogP contribution in [0.3, 0.4) is 0 Å². The average molecular weight is 726 g/mol. The number of benzene rings is 3. The van der Waals surface area contributed by atoms with Crippen LogP contribution in [0.2, 0.25) is 0 Å². The van der Waals surface area contributed by atoms with Crippen molar-refractivity contribution in [3.63, 3.8) is 0 Å². The Kier molecular flexibility index (Phi) is 9.06. The van der Waals surface area contributed by atoms with Gasteiger partial charge in [0.1, 0.15) is 23.1 Å². The zero-order valence-corrected chi connectivity index (χ0v) is 30.9. The van der Waals surface area contributed by atoms with Gasteiger partial charge in [0, 0.05) is 29.9 Å². The molecule has 12 heteroatoms. The summed E-state index contributed by atoms with van der Waals surface area (Å²) in [5.74, 6) is -3.04. The SMILES string of the molecule is CC(C)(C)OC(=O)N1CCC[C@H]1C(=O)Nc1ccc2c(c1)C(F)(F)c1cc(-c3ccc(-c4cnc([C@@H]5CCCN5C(=O)OC(C)(C)C)[nH]4)cc3)ccc1-2. The van der Waals surface area contributed by atoms with Crippen LogP contribution >= 0.6 is 0 Å². The van der Waals surface area contributed by atoms with Crippen LogP contribution in [0.5, 0.6) is 0 Å². The minimum absolute atomic E-state index is 0.103. The van der Waals surface area contributed by atoms with Gasteiger partial charge in [-0.15, -0.1) is 0 Å². The minimum Gasteiger partial charge on any atom is -0.444 e. The fourth-order valence-corrected chi connectivity index (χ4v) is 7.37. The maximum Gasteiger partial charge on any atom is 0.410 e. The van der Waals surface area contributed by atoms with Gasteiger partial charge in [0.15, 0.2) is 0 Å². The standard InChI is InChI=1S/C41H45F2N5O5/c1-39(2,3)52-37(50)47-19-7-9-33(47)35-44-23-32(46-35)25-13-11-24(12-14-25)26-15-17-28-29-18-16-27(22-31(29)41(42,43)30(28)21-26)45-36(49)34-10-8-20-48(34)38(51)53-40(4,5)6/h11-18,21-23,33-34H,7-10,19-20H2,1-6H3,(H,44,46)(H,45,49)/t33-,34-/m0/s1. The molecule has 2 fully saturated rings. The number of nitrogens with one attached hydrogen (secondary N) is 2. The van der Waals surface area contributed by atoms with E-state index in [0.29, 0.717) is 48.4 Å². The Balaban J connectivity index is 1.05. The van der Waals surface area contributed by atoms with Crippen LogP contribution in [0, 0.1) is 0 Å². The molecule has 10 nitrogen and oxygen atoms in total. The molecule has 3 aliphatic rings. The molecule has 2 saturated heterocycles. The topological polar surface area (TPSA) is 117 Å². The summed E-state index contributed by atoms with van der Waals surface area (Å²) in [6.07, 6.45) is 3.55. The van der Waals surface area contributed by atoms with Gasteiger partial charge in [0.2, 0.25) is 5.91 Å². The van der Waals surface area contributed by atoms with Crippen LogP contribution < -0.4 is 5.32 Å². The Hall–Kier alpha value is -5.26. The van der Waals surface area contributed by atoms with Crippen molar-refractivity contribution in [3.8, 4) is 33.5 Å². The average Bonchev–Trinajstić information content (AvgIpc) is 3.90. The molecule has 0 saturated carbocycles. The number of rotatable bonds is 5. The number of hydrogen-bond acceptors (Lipinski definition) is 6. The number of fused-ring (bicyclic) bond motifs is 3. The number of nitrogens with zero attached hydrogens (tertiary/aromatic N) is 3. The highest BCUT2D eigenvalue weighted by Gasteiger charge is 2.45. The first-order valence-electron chi connectivity index (χ1n) is 18.1. The lowest BCUT2D eigenvalue weighted by Gasteiger charge is -2.28. The molecule has 0 bridgehead atoms. The van der Waals surface area contributed by atoms with Crippen LogP contribution in [0.25, 0.3) is 33.5 Å². The molecule has 0 spiro atoms. The predicted octanol–water partition coefficient (Wildman–Crippen LogP) is 9.27. The zero-order chi connectivity index (χ0) is 37.9. The third kappa shape index (κ3) is 7.23. The number of imidazole rings is 1. The van der Waals surface area contributed by atoms with Crippen LogP contribution in [-0.2, 0) is 20.2 Å². The molecular formula is C41H45F2N5O5. The molecule has 7 rings (SSSR count). The number of carbonyl (C=O) groups is 3. The maximum absolute atomic E-state index is 16.1. The molecule has 1 aromatic heterocycles. The van der Waals surface area contributed by atoms with Crippen LogP contribution in [0.4, 0.5) is 24.1 Å². The Bertz CT molecular complexity index is 2060. The van der Waals surface area contributed by atoms with Gasteiger partial charge in [-0.05, 0) is 113 Å². The largest absolute Gasteiger partial charge is 0.444 e. The van der Waals surface area contributed by atoms with Gasteiger partial charge in [-0.25, -0.2) is 14.6 Å². The van der Waals surface area contributed by atoms with Crippen molar-refractivity contribution in [2.45, 2.75) is 96.4 Å². The van der Waals surface area contributed by atoms with E-state index < -0.39 is 35.2 Å². The number of anilines is 1. The summed E-state index contributed by atoms with van der Waals surface area (Å²) in [6, 6.07) is 16.3. The fourth-order valence-electron chi connectivity index (χ4n) is 7.37. The molecule has 0 unspecified atom stereocenters. The number of aromatic amines is 1. The van der Waals surface area contributed by atoms with E-state index in [4.69, 9.17) is 9.47 Å². The van der Waals surface area contributed by atoms with Crippen LogP contribution in [-0.4, -0.2) is 68.2 Å². The summed E-state index contributed by atoms with van der Waals surface area (Å²) in [7, 11) is 0.